The third kappa shape index (κ3) is 39.2. The van der Waals surface area contributed by atoms with Gasteiger partial charge in [-0.25, -0.2) is 4.57 Å². The van der Waals surface area contributed by atoms with E-state index in [1.165, 1.54) is 12.8 Å². The Morgan fingerprint density at radius 3 is 1.60 bits per heavy atom. The van der Waals surface area contributed by atoms with Gasteiger partial charge in [-0.15, -0.1) is 0 Å². The van der Waals surface area contributed by atoms with Crippen LogP contribution in [0.2, 0.25) is 0 Å². The Morgan fingerprint density at radius 2 is 1.09 bits per heavy atom. The van der Waals surface area contributed by atoms with Gasteiger partial charge in [0.15, 0.2) is 0 Å². The minimum Gasteiger partial charge on any atom is -0.387 e. The van der Waals surface area contributed by atoms with Crippen LogP contribution in [0.1, 0.15) is 123 Å². The molecule has 0 rings (SSSR count). The molecule has 0 aromatic rings. The number of hydrogen-bond acceptors (Lipinski definition) is 5. The number of aliphatic hydroxyl groups excluding tert-OH is 1. The number of amides is 1. The molecule has 0 aliphatic heterocycles. The number of unbranched alkanes of at least 4 members (excludes halogenated alkanes) is 6. The number of aliphatic hydroxyl groups is 1. The maximum atomic E-state index is 12.8. The van der Waals surface area contributed by atoms with E-state index in [4.69, 9.17) is 9.05 Å². The van der Waals surface area contributed by atoms with Crippen LogP contribution < -0.4 is 5.32 Å². The average molecular weight is 786 g/mol. The van der Waals surface area contributed by atoms with E-state index in [2.05, 4.69) is 116 Å². The van der Waals surface area contributed by atoms with Gasteiger partial charge in [-0.2, -0.15) is 0 Å². The van der Waals surface area contributed by atoms with Crippen molar-refractivity contribution in [3.05, 3.63) is 109 Å². The summed E-state index contributed by atoms with van der Waals surface area (Å²) in [5.74, 6) is -0.241. The van der Waals surface area contributed by atoms with Crippen LogP contribution in [0.4, 0.5) is 0 Å². The van der Waals surface area contributed by atoms with Gasteiger partial charge < -0.3 is 19.8 Å². The molecule has 0 saturated carbocycles. The Morgan fingerprint density at radius 1 is 0.636 bits per heavy atom. The number of phosphoric acid groups is 1. The Bertz CT molecular complexity index is 1260. The van der Waals surface area contributed by atoms with E-state index < -0.39 is 20.0 Å². The number of phosphoric ester groups is 1. The summed E-state index contributed by atoms with van der Waals surface area (Å²) in [5, 5.41) is 13.7. The van der Waals surface area contributed by atoms with Crippen molar-refractivity contribution in [1.82, 2.24) is 5.32 Å². The van der Waals surface area contributed by atoms with Crippen LogP contribution >= 0.6 is 7.82 Å². The van der Waals surface area contributed by atoms with Crippen LogP contribution in [0.3, 0.4) is 0 Å². The number of carbonyl (C=O) groups is 1. The molecule has 0 aromatic carbocycles. The second-order valence-electron chi connectivity index (χ2n) is 14.6. The van der Waals surface area contributed by atoms with Gasteiger partial charge in [0.25, 0.3) is 0 Å². The number of nitrogens with zero attached hydrogens (tertiary/aromatic N) is 1. The quantitative estimate of drug-likeness (QED) is 0.0256. The summed E-state index contributed by atoms with van der Waals surface area (Å²) in [7, 11) is 1.49. The molecule has 0 fully saturated rings. The number of hydrogen-bond donors (Lipinski definition) is 3. The lowest BCUT2D eigenvalue weighted by molar-refractivity contribution is -0.870. The molecular formula is C46H78N2O6P+. The molecule has 0 spiro atoms. The molecule has 0 aliphatic carbocycles. The summed E-state index contributed by atoms with van der Waals surface area (Å²) in [6.45, 7) is 4.54. The van der Waals surface area contributed by atoms with Crippen LogP contribution in [0, 0.1) is 0 Å². The first-order valence-electron chi connectivity index (χ1n) is 20.8. The topological polar surface area (TPSA) is 105 Å². The lowest BCUT2D eigenvalue weighted by Gasteiger charge is -2.25. The molecule has 9 heteroatoms. The molecular weight excluding hydrogens is 707 g/mol. The van der Waals surface area contributed by atoms with Gasteiger partial charge in [0.2, 0.25) is 5.91 Å². The summed E-state index contributed by atoms with van der Waals surface area (Å²) in [6, 6.07) is -0.898. The predicted molar refractivity (Wildman–Crippen MR) is 235 cm³/mol. The zero-order valence-corrected chi connectivity index (χ0v) is 36.0. The molecule has 3 unspecified atom stereocenters. The van der Waals surface area contributed by atoms with Gasteiger partial charge in [0, 0.05) is 6.42 Å². The van der Waals surface area contributed by atoms with E-state index in [0.717, 1.165) is 83.5 Å². The summed E-state index contributed by atoms with van der Waals surface area (Å²) in [5.41, 5.74) is 0. The number of quaternary nitrogens is 1. The van der Waals surface area contributed by atoms with E-state index in [1.54, 1.807) is 6.08 Å². The largest absolute Gasteiger partial charge is 0.472 e. The van der Waals surface area contributed by atoms with Gasteiger partial charge in [0.1, 0.15) is 13.2 Å². The van der Waals surface area contributed by atoms with E-state index in [-0.39, 0.29) is 25.5 Å². The highest BCUT2D eigenvalue weighted by molar-refractivity contribution is 7.47. The van der Waals surface area contributed by atoms with Crippen molar-refractivity contribution in [1.29, 1.82) is 0 Å². The molecule has 0 aliphatic rings. The fourth-order valence-electron chi connectivity index (χ4n) is 4.88. The molecule has 1 amide bonds. The molecule has 0 bridgehead atoms. The fourth-order valence-corrected chi connectivity index (χ4v) is 5.62. The molecule has 0 radical (unpaired) electrons. The number of nitrogens with one attached hydrogen (secondary N) is 1. The van der Waals surface area contributed by atoms with Crippen LogP contribution in [0.15, 0.2) is 109 Å². The van der Waals surface area contributed by atoms with Gasteiger partial charge >= 0.3 is 7.82 Å². The third-order valence-electron chi connectivity index (χ3n) is 8.20. The molecule has 0 heterocycles. The summed E-state index contributed by atoms with van der Waals surface area (Å²) in [6.07, 6.45) is 53.1. The van der Waals surface area contributed by atoms with Crippen LogP contribution in [-0.4, -0.2) is 73.4 Å². The highest BCUT2D eigenvalue weighted by atomic mass is 31.2. The first-order valence-corrected chi connectivity index (χ1v) is 22.3. The SMILES string of the molecule is CC/C=C\C/C=C\C/C=C\C/C=C\C/C=C\C/C=C\CCCCC(=O)NC(COP(=O)(O)OCC[N+](C)(C)C)C(O)/C=C/CC/C=C/CC/C=C/CCCC. The zero-order chi connectivity index (χ0) is 40.7. The van der Waals surface area contributed by atoms with Gasteiger partial charge in [-0.05, 0) is 89.9 Å². The molecule has 3 N–H and O–H groups in total. The Hall–Kier alpha value is -2.84. The lowest BCUT2D eigenvalue weighted by Crippen LogP contribution is -2.45. The summed E-state index contributed by atoms with van der Waals surface area (Å²) < 4.78 is 23.4. The first kappa shape index (κ1) is 52.2. The number of carbonyl (C=O) groups excluding carboxylic acids is 1. The molecule has 3 atom stereocenters. The maximum Gasteiger partial charge on any atom is 0.472 e. The van der Waals surface area contributed by atoms with Crippen LogP contribution in [0.5, 0.6) is 0 Å². The van der Waals surface area contributed by atoms with E-state index in [0.29, 0.717) is 17.4 Å². The van der Waals surface area contributed by atoms with Crippen molar-refractivity contribution in [3.63, 3.8) is 0 Å². The number of allylic oxidation sites excluding steroid dienone is 17. The average Bonchev–Trinajstić information content (AvgIpc) is 3.13. The lowest BCUT2D eigenvalue weighted by atomic mass is 10.1. The maximum absolute atomic E-state index is 12.8. The Labute approximate surface area is 336 Å². The Balaban J connectivity index is 4.61. The van der Waals surface area contributed by atoms with E-state index in [9.17, 15) is 19.4 Å². The summed E-state index contributed by atoms with van der Waals surface area (Å²) in [4.78, 5) is 23.0. The molecule has 55 heavy (non-hydrogen) atoms. The van der Waals surface area contributed by atoms with Crippen LogP contribution in [-0.2, 0) is 18.4 Å². The van der Waals surface area contributed by atoms with E-state index in [1.807, 2.05) is 27.2 Å². The van der Waals surface area contributed by atoms with Crippen LogP contribution in [0.25, 0.3) is 0 Å². The molecule has 0 saturated heterocycles. The van der Waals surface area contributed by atoms with E-state index >= 15 is 0 Å². The predicted octanol–water partition coefficient (Wildman–Crippen LogP) is 11.3. The van der Waals surface area contributed by atoms with Gasteiger partial charge in [-0.3, -0.25) is 13.8 Å². The Kier molecular flexibility index (Phi) is 34.9. The second kappa shape index (κ2) is 36.8. The normalized spacial score (nSPS) is 15.5. The third-order valence-corrected chi connectivity index (χ3v) is 9.19. The van der Waals surface area contributed by atoms with Gasteiger partial charge in [-0.1, -0.05) is 136 Å². The van der Waals surface area contributed by atoms with Crippen molar-refractivity contribution in [3.8, 4) is 0 Å². The molecule has 312 valence electrons. The standard InChI is InChI=1S/C46H77N2O6P/c1-6-8-10-12-14-16-18-20-21-22-23-24-25-26-27-28-30-32-34-36-38-40-46(50)47-44(43-54-55(51,52)53-42-41-48(3,4)5)45(49)39-37-35-33-31-29-19-17-15-13-11-9-7-2/h8,10,13-16,20-21,23-24,26-27,29-32,37,39,44-45,49H,6-7,9,11-12,17-19,22,25,28,33-36,38,40-43H2,1-5H3,(H-,47,50,51,52)/p+1/b10-8-,15-13+,16-14-,21-20-,24-23-,27-26-,31-29+,32-30-,39-37+. The fraction of sp³-hybridized carbons (Fsp3) is 0.587. The highest BCUT2D eigenvalue weighted by Gasteiger charge is 2.27. The van der Waals surface area contributed by atoms with Crippen molar-refractivity contribution in [2.75, 3.05) is 40.9 Å². The smallest absolute Gasteiger partial charge is 0.387 e. The first-order chi connectivity index (χ1) is 26.5. The van der Waals surface area contributed by atoms with Gasteiger partial charge in [0.05, 0.1) is 39.9 Å². The zero-order valence-electron chi connectivity index (χ0n) is 35.1. The van der Waals surface area contributed by atoms with Crippen molar-refractivity contribution < 1.29 is 32.9 Å². The highest BCUT2D eigenvalue weighted by Crippen LogP contribution is 2.43. The number of rotatable bonds is 35. The minimum absolute atomic E-state index is 0.0379. The number of likely N-dealkylation sites (N-methyl/N-ethyl adjacent to an activating group) is 1. The molecule has 8 nitrogen and oxygen atoms in total. The summed E-state index contributed by atoms with van der Waals surface area (Å²) >= 11 is 0. The van der Waals surface area contributed by atoms with Crippen molar-refractivity contribution in [2.45, 2.75) is 135 Å². The minimum atomic E-state index is -4.37. The van der Waals surface area contributed by atoms with Crippen molar-refractivity contribution >= 4 is 13.7 Å². The monoisotopic (exact) mass is 786 g/mol. The van der Waals surface area contributed by atoms with Crippen molar-refractivity contribution in [2.24, 2.45) is 0 Å². The second-order valence-corrected chi connectivity index (χ2v) is 16.1. The molecule has 0 aromatic heterocycles.